The van der Waals surface area contributed by atoms with Crippen LogP contribution in [-0.2, 0) is 9.59 Å². The molecule has 88 valence electrons. The minimum atomic E-state index is -4.61. The summed E-state index contributed by atoms with van der Waals surface area (Å²) in [5.74, 6) is -1.95. The molecule has 0 aromatic carbocycles. The van der Waals surface area contributed by atoms with Gasteiger partial charge in [-0.15, -0.1) is 0 Å². The van der Waals surface area contributed by atoms with Crippen molar-refractivity contribution in [3.63, 3.8) is 0 Å². The van der Waals surface area contributed by atoms with Gasteiger partial charge in [0.05, 0.1) is 6.42 Å². The summed E-state index contributed by atoms with van der Waals surface area (Å²) in [4.78, 5) is 22.4. The molecule has 0 spiro atoms. The number of carbonyl (C=O) groups is 2. The molecule has 0 aliphatic heterocycles. The Bertz CT molecular complexity index is 264. The van der Waals surface area contributed by atoms with Crippen molar-refractivity contribution >= 4 is 11.6 Å². The van der Waals surface area contributed by atoms with Crippen molar-refractivity contribution in [2.75, 3.05) is 0 Å². The molecule has 0 heterocycles. The molecule has 0 saturated carbocycles. The molecule has 15 heavy (non-hydrogen) atoms. The number of ketones is 2. The van der Waals surface area contributed by atoms with Crippen LogP contribution < -0.4 is 0 Å². The first-order valence-corrected chi connectivity index (χ1v) is 4.63. The van der Waals surface area contributed by atoms with Gasteiger partial charge >= 0.3 is 6.18 Å². The molecule has 0 aliphatic carbocycles. The minimum Gasteiger partial charge on any atom is -0.299 e. The summed E-state index contributed by atoms with van der Waals surface area (Å²) in [7, 11) is 0. The van der Waals surface area contributed by atoms with Crippen molar-refractivity contribution in [1.29, 1.82) is 0 Å². The molecule has 0 fully saturated rings. The lowest BCUT2D eigenvalue weighted by Crippen LogP contribution is -2.40. The summed E-state index contributed by atoms with van der Waals surface area (Å²) in [6.07, 6.45) is -5.26. The van der Waals surface area contributed by atoms with E-state index in [0.717, 1.165) is 13.8 Å². The zero-order valence-electron chi connectivity index (χ0n) is 9.23. The van der Waals surface area contributed by atoms with E-state index in [1.54, 1.807) is 13.8 Å². The van der Waals surface area contributed by atoms with Crippen molar-refractivity contribution < 1.29 is 22.8 Å². The molecule has 0 unspecified atom stereocenters. The number of carbonyl (C=O) groups excluding carboxylic acids is 2. The Kier molecular flexibility index (Phi) is 4.08. The van der Waals surface area contributed by atoms with E-state index in [9.17, 15) is 22.8 Å². The van der Waals surface area contributed by atoms with Gasteiger partial charge in [0, 0.05) is 5.92 Å². The molecule has 0 rings (SSSR count). The highest BCUT2D eigenvalue weighted by Gasteiger charge is 2.52. The van der Waals surface area contributed by atoms with Crippen LogP contribution in [0, 0.1) is 11.3 Å². The van der Waals surface area contributed by atoms with E-state index in [4.69, 9.17) is 0 Å². The van der Waals surface area contributed by atoms with Crippen molar-refractivity contribution in [2.24, 2.45) is 11.3 Å². The molecule has 0 atom stereocenters. The minimum absolute atomic E-state index is 0.419. The van der Waals surface area contributed by atoms with Gasteiger partial charge in [0.15, 0.2) is 5.78 Å². The molecular weight excluding hydrogens is 209 g/mol. The lowest BCUT2D eigenvalue weighted by atomic mass is 9.83. The molecular formula is C10H15F3O2. The summed E-state index contributed by atoms with van der Waals surface area (Å²) < 4.78 is 37.2. The fourth-order valence-corrected chi connectivity index (χ4v) is 0.741. The van der Waals surface area contributed by atoms with E-state index in [1.807, 2.05) is 0 Å². The molecule has 0 aliphatic rings. The number of alkyl halides is 3. The Morgan fingerprint density at radius 2 is 1.53 bits per heavy atom. The van der Waals surface area contributed by atoms with E-state index < -0.39 is 35.5 Å². The standard InChI is InChI=1S/C10H15F3O2/c1-6(2)7(14)5-8(15)9(3,4)10(11,12)13/h6H,5H2,1-4H3. The fourth-order valence-electron chi connectivity index (χ4n) is 0.741. The van der Waals surface area contributed by atoms with E-state index in [2.05, 4.69) is 0 Å². The monoisotopic (exact) mass is 224 g/mol. The average molecular weight is 224 g/mol. The lowest BCUT2D eigenvalue weighted by molar-refractivity contribution is -0.210. The van der Waals surface area contributed by atoms with Crippen LogP contribution in [0.3, 0.4) is 0 Å². The normalized spacial score (nSPS) is 13.1. The third-order valence-electron chi connectivity index (χ3n) is 2.38. The second kappa shape index (κ2) is 4.33. The zero-order chi connectivity index (χ0) is 12.4. The summed E-state index contributed by atoms with van der Waals surface area (Å²) >= 11 is 0. The van der Waals surface area contributed by atoms with Gasteiger partial charge in [-0.05, 0) is 13.8 Å². The zero-order valence-corrected chi connectivity index (χ0v) is 9.23. The molecule has 0 aromatic rings. The quantitative estimate of drug-likeness (QED) is 0.688. The van der Waals surface area contributed by atoms with E-state index >= 15 is 0 Å². The highest BCUT2D eigenvalue weighted by molar-refractivity contribution is 6.02. The van der Waals surface area contributed by atoms with E-state index in [0.29, 0.717) is 0 Å². The summed E-state index contributed by atoms with van der Waals surface area (Å²) in [6.45, 7) is 4.69. The molecule has 0 radical (unpaired) electrons. The Morgan fingerprint density at radius 1 is 1.13 bits per heavy atom. The molecule has 0 N–H and O–H groups in total. The van der Waals surface area contributed by atoms with Gasteiger partial charge in [0.25, 0.3) is 0 Å². The molecule has 0 amide bonds. The molecule has 0 bridgehead atoms. The molecule has 0 aromatic heterocycles. The van der Waals surface area contributed by atoms with Crippen molar-refractivity contribution in [2.45, 2.75) is 40.3 Å². The van der Waals surface area contributed by atoms with Crippen LogP contribution in [0.25, 0.3) is 0 Å². The van der Waals surface area contributed by atoms with Gasteiger partial charge in [-0.25, -0.2) is 0 Å². The highest BCUT2D eigenvalue weighted by Crippen LogP contribution is 2.39. The number of rotatable bonds is 4. The maximum absolute atomic E-state index is 12.4. The van der Waals surface area contributed by atoms with Crippen molar-refractivity contribution in [3.05, 3.63) is 0 Å². The van der Waals surface area contributed by atoms with Crippen LogP contribution in [0.5, 0.6) is 0 Å². The van der Waals surface area contributed by atoms with Crippen LogP contribution in [0.1, 0.15) is 34.1 Å². The summed E-state index contributed by atoms with van der Waals surface area (Å²) in [5, 5.41) is 0. The molecule has 5 heteroatoms. The second-order valence-electron chi connectivity index (χ2n) is 4.34. The van der Waals surface area contributed by atoms with Crippen LogP contribution in [0.2, 0.25) is 0 Å². The third kappa shape index (κ3) is 3.32. The van der Waals surface area contributed by atoms with Gasteiger partial charge in [-0.1, -0.05) is 13.8 Å². The maximum atomic E-state index is 12.4. The van der Waals surface area contributed by atoms with Crippen LogP contribution >= 0.6 is 0 Å². The van der Waals surface area contributed by atoms with Gasteiger partial charge in [-0.3, -0.25) is 9.59 Å². The van der Waals surface area contributed by atoms with Crippen LogP contribution in [-0.4, -0.2) is 17.7 Å². The van der Waals surface area contributed by atoms with E-state index in [-0.39, 0.29) is 0 Å². The second-order valence-corrected chi connectivity index (χ2v) is 4.34. The number of hydrogen-bond donors (Lipinski definition) is 0. The predicted octanol–water partition coefficient (Wildman–Crippen LogP) is 2.76. The van der Waals surface area contributed by atoms with E-state index in [1.165, 1.54) is 0 Å². The van der Waals surface area contributed by atoms with Gasteiger partial charge in [-0.2, -0.15) is 13.2 Å². The third-order valence-corrected chi connectivity index (χ3v) is 2.38. The Hall–Kier alpha value is -0.870. The maximum Gasteiger partial charge on any atom is 0.400 e. The first-order chi connectivity index (χ1) is 6.50. The predicted molar refractivity (Wildman–Crippen MR) is 49.3 cm³/mol. The summed E-state index contributed by atoms with van der Waals surface area (Å²) in [5.41, 5.74) is -2.45. The fraction of sp³-hybridized carbons (Fsp3) is 0.800. The topological polar surface area (TPSA) is 34.1 Å². The molecule has 2 nitrogen and oxygen atoms in total. The van der Waals surface area contributed by atoms with Gasteiger partial charge in [0.1, 0.15) is 11.2 Å². The highest BCUT2D eigenvalue weighted by atomic mass is 19.4. The first-order valence-electron chi connectivity index (χ1n) is 4.63. The smallest absolute Gasteiger partial charge is 0.299 e. The average Bonchev–Trinajstić information content (AvgIpc) is 2.01. The van der Waals surface area contributed by atoms with Gasteiger partial charge < -0.3 is 0 Å². The number of halogens is 3. The first kappa shape index (κ1) is 14.1. The molecule has 0 saturated heterocycles. The van der Waals surface area contributed by atoms with Crippen LogP contribution in [0.4, 0.5) is 13.2 Å². The largest absolute Gasteiger partial charge is 0.400 e. The van der Waals surface area contributed by atoms with Crippen LogP contribution in [0.15, 0.2) is 0 Å². The Balaban J connectivity index is 4.67. The van der Waals surface area contributed by atoms with Gasteiger partial charge in [0.2, 0.25) is 0 Å². The SMILES string of the molecule is CC(C)C(=O)CC(=O)C(C)(C)C(F)(F)F. The van der Waals surface area contributed by atoms with Crippen molar-refractivity contribution in [1.82, 2.24) is 0 Å². The Morgan fingerprint density at radius 3 is 1.80 bits per heavy atom. The number of hydrogen-bond acceptors (Lipinski definition) is 2. The Labute approximate surface area is 86.8 Å². The summed E-state index contributed by atoms with van der Waals surface area (Å²) in [6, 6.07) is 0. The van der Waals surface area contributed by atoms with Crippen molar-refractivity contribution in [3.8, 4) is 0 Å². The number of Topliss-reactive ketones (excluding diaryl/α,β-unsaturated/α-hetero) is 2. The lowest BCUT2D eigenvalue weighted by Gasteiger charge is -2.26.